The van der Waals surface area contributed by atoms with Crippen LogP contribution in [0.4, 0.5) is 10.5 Å². The number of carbonyl (C=O) groups excluding carboxylic acids is 4. The van der Waals surface area contributed by atoms with E-state index in [1.165, 1.54) is 12.1 Å². The summed E-state index contributed by atoms with van der Waals surface area (Å²) in [7, 11) is 0. The Morgan fingerprint density at radius 2 is 1.74 bits per heavy atom. The second-order valence-corrected chi connectivity index (χ2v) is 6.04. The molecule has 23 heavy (non-hydrogen) atoms. The van der Waals surface area contributed by atoms with Crippen LogP contribution in [0.5, 0.6) is 0 Å². The largest absolute Gasteiger partial charge is 0.334 e. The molecule has 1 heterocycles. The third-order valence-electron chi connectivity index (χ3n) is 3.52. The highest BCUT2D eigenvalue weighted by molar-refractivity contribution is 6.45. The summed E-state index contributed by atoms with van der Waals surface area (Å²) in [4.78, 5) is 49.4. The number of carbonyl (C=O) groups is 4. The lowest BCUT2D eigenvalue weighted by Crippen LogP contribution is -2.39. The molecule has 9 heteroatoms. The number of anilines is 1. The monoisotopic (exact) mass is 355 g/mol. The SMILES string of the molecule is O=C(CN1C(=O)C(=O)N(C2CC2)C1=O)Nc1c(Cl)cccc1Cl. The molecule has 1 aliphatic carbocycles. The molecule has 1 aliphatic heterocycles. The molecule has 1 N–H and O–H groups in total. The molecule has 0 radical (unpaired) electrons. The summed E-state index contributed by atoms with van der Waals surface area (Å²) in [6.45, 7) is -0.575. The van der Waals surface area contributed by atoms with Crippen molar-refractivity contribution in [3.8, 4) is 0 Å². The van der Waals surface area contributed by atoms with Gasteiger partial charge < -0.3 is 5.32 Å². The average molecular weight is 356 g/mol. The molecule has 0 atom stereocenters. The van der Waals surface area contributed by atoms with Gasteiger partial charge in [-0.1, -0.05) is 29.3 Å². The fraction of sp³-hybridized carbons (Fsp3) is 0.286. The smallest absolute Gasteiger partial charge is 0.322 e. The summed E-state index contributed by atoms with van der Waals surface area (Å²) in [5, 5.41) is 2.89. The van der Waals surface area contributed by atoms with E-state index in [9.17, 15) is 19.2 Å². The minimum atomic E-state index is -0.998. The molecule has 2 fully saturated rings. The molecule has 1 saturated heterocycles. The fourth-order valence-corrected chi connectivity index (χ4v) is 2.75. The van der Waals surface area contributed by atoms with Crippen molar-refractivity contribution in [3.63, 3.8) is 0 Å². The molecule has 7 nitrogen and oxygen atoms in total. The third-order valence-corrected chi connectivity index (χ3v) is 4.15. The van der Waals surface area contributed by atoms with Gasteiger partial charge in [0.25, 0.3) is 0 Å². The normalized spacial score (nSPS) is 17.9. The van der Waals surface area contributed by atoms with E-state index < -0.39 is 30.3 Å². The minimum absolute atomic E-state index is 0.185. The topological polar surface area (TPSA) is 86.8 Å². The van der Waals surface area contributed by atoms with Gasteiger partial charge in [-0.25, -0.2) is 9.69 Å². The predicted octanol–water partition coefficient (Wildman–Crippen LogP) is 1.89. The van der Waals surface area contributed by atoms with Gasteiger partial charge in [0.05, 0.1) is 15.7 Å². The summed E-state index contributed by atoms with van der Waals surface area (Å²) in [5.41, 5.74) is 0.185. The van der Waals surface area contributed by atoms with Gasteiger partial charge in [-0.2, -0.15) is 0 Å². The maximum atomic E-state index is 12.1. The number of para-hydroxylation sites is 1. The molecule has 2 aliphatic rings. The first-order valence-electron chi connectivity index (χ1n) is 6.83. The number of nitrogens with zero attached hydrogens (tertiary/aromatic N) is 2. The molecule has 1 saturated carbocycles. The number of rotatable bonds is 4. The molecule has 120 valence electrons. The van der Waals surface area contributed by atoms with Crippen LogP contribution in [0.2, 0.25) is 10.0 Å². The van der Waals surface area contributed by atoms with Gasteiger partial charge in [-0.05, 0) is 25.0 Å². The first-order chi connectivity index (χ1) is 10.9. The summed E-state index contributed by atoms with van der Waals surface area (Å²) >= 11 is 11.9. The van der Waals surface area contributed by atoms with Crippen LogP contribution in [-0.4, -0.2) is 46.1 Å². The first kappa shape index (κ1) is 15.8. The Hall–Kier alpha value is -2.12. The van der Waals surface area contributed by atoms with Gasteiger partial charge in [0.2, 0.25) is 5.91 Å². The molecule has 1 aromatic carbocycles. The fourth-order valence-electron chi connectivity index (χ4n) is 2.26. The zero-order valence-electron chi connectivity index (χ0n) is 11.7. The standard InChI is InChI=1S/C14H11Cl2N3O4/c15-8-2-1-3-9(16)11(8)17-10(20)6-18-12(21)13(22)19(14(18)23)7-4-5-7/h1-3,7H,4-6H2,(H,17,20). The number of nitrogens with one attached hydrogen (secondary N) is 1. The first-order valence-corrected chi connectivity index (χ1v) is 7.58. The molecule has 0 unspecified atom stereocenters. The van der Waals surface area contributed by atoms with Crippen molar-refractivity contribution in [2.75, 3.05) is 11.9 Å². The van der Waals surface area contributed by atoms with Crippen LogP contribution >= 0.6 is 23.2 Å². The minimum Gasteiger partial charge on any atom is -0.322 e. The van der Waals surface area contributed by atoms with Gasteiger partial charge in [-0.3, -0.25) is 19.3 Å². The summed E-state index contributed by atoms with van der Waals surface area (Å²) in [6.07, 6.45) is 1.36. The second-order valence-electron chi connectivity index (χ2n) is 5.23. The zero-order chi connectivity index (χ0) is 16.7. The summed E-state index contributed by atoms with van der Waals surface area (Å²) in [6, 6.07) is 3.69. The quantitative estimate of drug-likeness (QED) is 0.659. The van der Waals surface area contributed by atoms with Crippen LogP contribution < -0.4 is 5.32 Å². The third kappa shape index (κ3) is 2.89. The van der Waals surface area contributed by atoms with Crippen LogP contribution in [0, 0.1) is 0 Å². The van der Waals surface area contributed by atoms with Crippen LogP contribution in [0.15, 0.2) is 18.2 Å². The van der Waals surface area contributed by atoms with E-state index in [0.717, 1.165) is 4.90 Å². The number of benzene rings is 1. The van der Waals surface area contributed by atoms with Crippen LogP contribution in [0.1, 0.15) is 12.8 Å². The molecule has 3 rings (SSSR count). The molecular formula is C14H11Cl2N3O4. The van der Waals surface area contributed by atoms with Gasteiger partial charge in [0.1, 0.15) is 6.54 Å². The Balaban J connectivity index is 1.72. The van der Waals surface area contributed by atoms with E-state index in [4.69, 9.17) is 23.2 Å². The van der Waals surface area contributed by atoms with Gasteiger partial charge >= 0.3 is 17.8 Å². The van der Waals surface area contributed by atoms with Gasteiger partial charge in [0.15, 0.2) is 0 Å². The number of imide groups is 2. The van der Waals surface area contributed by atoms with Gasteiger partial charge in [0, 0.05) is 6.04 Å². The Morgan fingerprint density at radius 3 is 2.30 bits per heavy atom. The highest BCUT2D eigenvalue weighted by Gasteiger charge is 2.51. The number of amides is 5. The highest BCUT2D eigenvalue weighted by atomic mass is 35.5. The molecule has 5 amide bonds. The summed E-state index contributed by atoms with van der Waals surface area (Å²) < 4.78 is 0. The van der Waals surface area contributed by atoms with Crippen LogP contribution in [-0.2, 0) is 14.4 Å². The van der Waals surface area contributed by atoms with Crippen molar-refractivity contribution in [3.05, 3.63) is 28.2 Å². The lowest BCUT2D eigenvalue weighted by atomic mass is 10.3. The lowest BCUT2D eigenvalue weighted by Gasteiger charge is -2.15. The van der Waals surface area contributed by atoms with Crippen molar-refractivity contribution in [2.45, 2.75) is 18.9 Å². The van der Waals surface area contributed by atoms with E-state index in [2.05, 4.69) is 5.32 Å². The Bertz CT molecular complexity index is 712. The maximum Gasteiger partial charge on any atom is 0.334 e. The van der Waals surface area contributed by atoms with Crippen LogP contribution in [0.3, 0.4) is 0 Å². The average Bonchev–Trinajstić information content (AvgIpc) is 3.29. The zero-order valence-corrected chi connectivity index (χ0v) is 13.2. The van der Waals surface area contributed by atoms with E-state index in [0.29, 0.717) is 17.7 Å². The predicted molar refractivity (Wildman–Crippen MR) is 82.1 cm³/mol. The number of urea groups is 1. The molecule has 0 spiro atoms. The highest BCUT2D eigenvalue weighted by Crippen LogP contribution is 2.32. The Labute approximate surface area is 141 Å². The van der Waals surface area contributed by atoms with E-state index in [1.54, 1.807) is 6.07 Å². The molecule has 0 aromatic heterocycles. The van der Waals surface area contributed by atoms with Crippen molar-refractivity contribution >= 4 is 52.6 Å². The Morgan fingerprint density at radius 1 is 1.13 bits per heavy atom. The van der Waals surface area contributed by atoms with E-state index in [1.807, 2.05) is 0 Å². The molecule has 0 bridgehead atoms. The number of halogens is 2. The second kappa shape index (κ2) is 5.82. The van der Waals surface area contributed by atoms with E-state index >= 15 is 0 Å². The van der Waals surface area contributed by atoms with Crippen LogP contribution in [0.25, 0.3) is 0 Å². The van der Waals surface area contributed by atoms with Crippen molar-refractivity contribution in [1.29, 1.82) is 0 Å². The lowest BCUT2D eigenvalue weighted by molar-refractivity contribution is -0.143. The van der Waals surface area contributed by atoms with Crippen molar-refractivity contribution < 1.29 is 19.2 Å². The number of hydrogen-bond donors (Lipinski definition) is 1. The van der Waals surface area contributed by atoms with E-state index in [-0.39, 0.29) is 21.8 Å². The summed E-state index contributed by atoms with van der Waals surface area (Å²) in [5.74, 6) is -2.56. The number of hydrogen-bond acceptors (Lipinski definition) is 4. The molecular weight excluding hydrogens is 345 g/mol. The van der Waals surface area contributed by atoms with Crippen molar-refractivity contribution in [2.24, 2.45) is 0 Å². The van der Waals surface area contributed by atoms with Crippen molar-refractivity contribution in [1.82, 2.24) is 9.80 Å². The van der Waals surface area contributed by atoms with Gasteiger partial charge in [-0.15, -0.1) is 0 Å². The molecule has 1 aromatic rings. The Kier molecular flexibility index (Phi) is 3.99. The maximum absolute atomic E-state index is 12.1.